The van der Waals surface area contributed by atoms with Gasteiger partial charge in [0.25, 0.3) is 0 Å². The molecule has 1 unspecified atom stereocenters. The molecular formula is C10H21NO2. The Kier molecular flexibility index (Phi) is 4.16. The fourth-order valence-corrected chi connectivity index (χ4v) is 1.34. The highest BCUT2D eigenvalue weighted by atomic mass is 16.5. The first kappa shape index (κ1) is 11.0. The van der Waals surface area contributed by atoms with Gasteiger partial charge in [-0.3, -0.25) is 0 Å². The summed E-state index contributed by atoms with van der Waals surface area (Å²) < 4.78 is 11.0. The lowest BCUT2D eigenvalue weighted by molar-refractivity contribution is -0.0789. The zero-order valence-corrected chi connectivity index (χ0v) is 8.93. The predicted octanol–water partition coefficient (Wildman–Crippen LogP) is 1.18. The summed E-state index contributed by atoms with van der Waals surface area (Å²) in [6, 6.07) is 0. The smallest absolute Gasteiger partial charge is 0.0855 e. The van der Waals surface area contributed by atoms with Gasteiger partial charge in [0.1, 0.15) is 0 Å². The molecule has 1 atom stereocenters. The summed E-state index contributed by atoms with van der Waals surface area (Å²) in [4.78, 5) is 0. The number of rotatable bonds is 4. The van der Waals surface area contributed by atoms with Crippen LogP contribution in [0.15, 0.2) is 0 Å². The standard InChI is InChI=1S/C10H21NO2/c1-10(2,12-3)8-13-9-5-4-6-11-7-9/h9,11H,4-8H2,1-3H3. The molecular weight excluding hydrogens is 166 g/mol. The summed E-state index contributed by atoms with van der Waals surface area (Å²) in [7, 11) is 1.72. The van der Waals surface area contributed by atoms with Gasteiger partial charge in [-0.1, -0.05) is 0 Å². The van der Waals surface area contributed by atoms with Gasteiger partial charge in [0.15, 0.2) is 0 Å². The summed E-state index contributed by atoms with van der Waals surface area (Å²) in [6.07, 6.45) is 2.77. The Morgan fingerprint density at radius 1 is 1.46 bits per heavy atom. The molecule has 1 heterocycles. The SMILES string of the molecule is COC(C)(C)COC1CCCNC1. The van der Waals surface area contributed by atoms with Gasteiger partial charge in [-0.2, -0.15) is 0 Å². The van der Waals surface area contributed by atoms with E-state index in [-0.39, 0.29) is 5.60 Å². The molecule has 1 saturated heterocycles. The van der Waals surface area contributed by atoms with Crippen molar-refractivity contribution in [3.8, 4) is 0 Å². The van der Waals surface area contributed by atoms with E-state index in [1.807, 2.05) is 13.8 Å². The Hall–Kier alpha value is -0.120. The van der Waals surface area contributed by atoms with E-state index in [2.05, 4.69) is 5.32 Å². The van der Waals surface area contributed by atoms with E-state index in [0.717, 1.165) is 13.1 Å². The summed E-state index contributed by atoms with van der Waals surface area (Å²) in [5.74, 6) is 0. The molecule has 0 aromatic rings. The highest BCUT2D eigenvalue weighted by Gasteiger charge is 2.20. The third kappa shape index (κ3) is 4.07. The van der Waals surface area contributed by atoms with Crippen LogP contribution >= 0.6 is 0 Å². The second-order valence-corrected chi connectivity index (χ2v) is 4.24. The maximum atomic E-state index is 5.75. The summed E-state index contributed by atoms with van der Waals surface area (Å²) in [5.41, 5.74) is -0.155. The van der Waals surface area contributed by atoms with Crippen LogP contribution in [0.1, 0.15) is 26.7 Å². The lowest BCUT2D eigenvalue weighted by atomic mass is 10.1. The zero-order valence-electron chi connectivity index (χ0n) is 8.93. The molecule has 78 valence electrons. The van der Waals surface area contributed by atoms with Crippen LogP contribution in [-0.2, 0) is 9.47 Å². The summed E-state index contributed by atoms with van der Waals surface area (Å²) in [6.45, 7) is 6.88. The molecule has 0 radical (unpaired) electrons. The normalized spacial score (nSPS) is 24.7. The Labute approximate surface area is 80.8 Å². The molecule has 0 amide bonds. The van der Waals surface area contributed by atoms with Crippen LogP contribution in [0.2, 0.25) is 0 Å². The van der Waals surface area contributed by atoms with Gasteiger partial charge in [0, 0.05) is 13.7 Å². The van der Waals surface area contributed by atoms with Crippen LogP contribution in [0.4, 0.5) is 0 Å². The van der Waals surface area contributed by atoms with E-state index in [9.17, 15) is 0 Å². The van der Waals surface area contributed by atoms with Gasteiger partial charge in [0.2, 0.25) is 0 Å². The summed E-state index contributed by atoms with van der Waals surface area (Å²) in [5, 5.41) is 3.32. The van der Waals surface area contributed by atoms with Gasteiger partial charge in [-0.05, 0) is 33.2 Å². The lowest BCUT2D eigenvalue weighted by Gasteiger charge is -2.28. The molecule has 0 saturated carbocycles. The first-order valence-electron chi connectivity index (χ1n) is 5.01. The molecule has 13 heavy (non-hydrogen) atoms. The Balaban J connectivity index is 2.17. The molecule has 1 aliphatic rings. The van der Waals surface area contributed by atoms with Crippen molar-refractivity contribution in [2.24, 2.45) is 0 Å². The number of ether oxygens (including phenoxy) is 2. The second-order valence-electron chi connectivity index (χ2n) is 4.24. The zero-order chi connectivity index (χ0) is 9.73. The highest BCUT2D eigenvalue weighted by Crippen LogP contribution is 2.12. The van der Waals surface area contributed by atoms with Gasteiger partial charge in [-0.25, -0.2) is 0 Å². The lowest BCUT2D eigenvalue weighted by Crippen LogP contribution is -2.39. The molecule has 1 N–H and O–H groups in total. The van der Waals surface area contributed by atoms with Crippen molar-refractivity contribution in [2.45, 2.75) is 38.4 Å². The minimum Gasteiger partial charge on any atom is -0.376 e. The quantitative estimate of drug-likeness (QED) is 0.717. The van der Waals surface area contributed by atoms with Crippen molar-refractivity contribution in [3.05, 3.63) is 0 Å². The molecule has 1 aliphatic heterocycles. The molecule has 0 aromatic heterocycles. The van der Waals surface area contributed by atoms with Crippen molar-refractivity contribution in [3.63, 3.8) is 0 Å². The van der Waals surface area contributed by atoms with Crippen LogP contribution in [0.25, 0.3) is 0 Å². The Morgan fingerprint density at radius 3 is 2.77 bits per heavy atom. The van der Waals surface area contributed by atoms with Crippen LogP contribution in [0, 0.1) is 0 Å². The van der Waals surface area contributed by atoms with E-state index in [0.29, 0.717) is 12.7 Å². The first-order chi connectivity index (χ1) is 6.14. The van der Waals surface area contributed by atoms with Crippen molar-refractivity contribution in [2.75, 3.05) is 26.8 Å². The maximum Gasteiger partial charge on any atom is 0.0855 e. The van der Waals surface area contributed by atoms with Crippen molar-refractivity contribution in [1.82, 2.24) is 5.32 Å². The Bertz CT molecular complexity index is 142. The largest absolute Gasteiger partial charge is 0.376 e. The molecule has 0 spiro atoms. The third-order valence-corrected chi connectivity index (χ3v) is 2.47. The fourth-order valence-electron chi connectivity index (χ4n) is 1.34. The number of piperidine rings is 1. The number of hydrogen-bond acceptors (Lipinski definition) is 3. The van der Waals surface area contributed by atoms with Crippen LogP contribution in [0.3, 0.4) is 0 Å². The van der Waals surface area contributed by atoms with Crippen LogP contribution < -0.4 is 5.32 Å². The average Bonchev–Trinajstić information content (AvgIpc) is 2.17. The van der Waals surface area contributed by atoms with E-state index in [1.165, 1.54) is 12.8 Å². The monoisotopic (exact) mass is 187 g/mol. The summed E-state index contributed by atoms with van der Waals surface area (Å²) >= 11 is 0. The van der Waals surface area contributed by atoms with Crippen molar-refractivity contribution in [1.29, 1.82) is 0 Å². The molecule has 1 rings (SSSR count). The predicted molar refractivity (Wildman–Crippen MR) is 52.9 cm³/mol. The van der Waals surface area contributed by atoms with Crippen LogP contribution in [0.5, 0.6) is 0 Å². The minimum absolute atomic E-state index is 0.155. The maximum absolute atomic E-state index is 5.75. The molecule has 1 fully saturated rings. The first-order valence-corrected chi connectivity index (χ1v) is 5.01. The van der Waals surface area contributed by atoms with Crippen molar-refractivity contribution < 1.29 is 9.47 Å². The van der Waals surface area contributed by atoms with E-state index < -0.39 is 0 Å². The second kappa shape index (κ2) is 4.94. The molecule has 0 aromatic carbocycles. The highest BCUT2D eigenvalue weighted by molar-refractivity contribution is 4.72. The van der Waals surface area contributed by atoms with E-state index >= 15 is 0 Å². The third-order valence-electron chi connectivity index (χ3n) is 2.47. The minimum atomic E-state index is -0.155. The Morgan fingerprint density at radius 2 is 2.23 bits per heavy atom. The topological polar surface area (TPSA) is 30.5 Å². The van der Waals surface area contributed by atoms with Gasteiger partial charge in [0.05, 0.1) is 18.3 Å². The van der Waals surface area contributed by atoms with Gasteiger partial charge in [-0.15, -0.1) is 0 Å². The molecule has 0 aliphatic carbocycles. The number of hydrogen-bond donors (Lipinski definition) is 1. The van der Waals surface area contributed by atoms with E-state index in [1.54, 1.807) is 7.11 Å². The number of nitrogens with one attached hydrogen (secondary N) is 1. The number of methoxy groups -OCH3 is 1. The van der Waals surface area contributed by atoms with E-state index in [4.69, 9.17) is 9.47 Å². The van der Waals surface area contributed by atoms with Gasteiger partial charge >= 0.3 is 0 Å². The van der Waals surface area contributed by atoms with Crippen molar-refractivity contribution >= 4 is 0 Å². The molecule has 3 nitrogen and oxygen atoms in total. The van der Waals surface area contributed by atoms with Crippen LogP contribution in [-0.4, -0.2) is 38.5 Å². The fraction of sp³-hybridized carbons (Fsp3) is 1.00. The van der Waals surface area contributed by atoms with Gasteiger partial charge < -0.3 is 14.8 Å². The molecule has 0 bridgehead atoms. The molecule has 3 heteroatoms. The average molecular weight is 187 g/mol.